The highest BCUT2D eigenvalue weighted by Gasteiger charge is 2.48. The minimum Gasteiger partial charge on any atom is -0.488 e. The van der Waals surface area contributed by atoms with Gasteiger partial charge in [0.05, 0.1) is 5.69 Å². The lowest BCUT2D eigenvalue weighted by Crippen LogP contribution is -2.53. The molecule has 3 heteroatoms. The van der Waals surface area contributed by atoms with Gasteiger partial charge in [0.15, 0.2) is 0 Å². The third kappa shape index (κ3) is 2.35. The first-order chi connectivity index (χ1) is 7.95. The van der Waals surface area contributed by atoms with Gasteiger partial charge in [-0.25, -0.2) is 0 Å². The second-order valence-corrected chi connectivity index (χ2v) is 6.49. The molecule has 0 amide bonds. The fourth-order valence-electron chi connectivity index (χ4n) is 2.15. The van der Waals surface area contributed by atoms with E-state index in [4.69, 9.17) is 4.74 Å². The molecule has 0 spiro atoms. The van der Waals surface area contributed by atoms with E-state index in [1.807, 2.05) is 13.0 Å². The Morgan fingerprint density at radius 1 is 1.47 bits per heavy atom. The zero-order valence-electron chi connectivity index (χ0n) is 11.0. The van der Waals surface area contributed by atoms with E-state index in [0.717, 1.165) is 30.0 Å². The highest BCUT2D eigenvalue weighted by Crippen LogP contribution is 2.47. The van der Waals surface area contributed by atoms with Crippen LogP contribution in [-0.2, 0) is 6.42 Å². The van der Waals surface area contributed by atoms with Crippen LogP contribution in [0.5, 0.6) is 5.75 Å². The third-order valence-corrected chi connectivity index (χ3v) is 5.29. The second kappa shape index (κ2) is 4.60. The molecule has 0 bridgehead atoms. The van der Waals surface area contributed by atoms with Crippen LogP contribution in [0, 0.1) is 12.3 Å². The summed E-state index contributed by atoms with van der Waals surface area (Å²) < 4.78 is 6.12. The van der Waals surface area contributed by atoms with Gasteiger partial charge in [-0.15, -0.1) is 0 Å². The number of aromatic nitrogens is 1. The maximum Gasteiger partial charge on any atom is 0.141 e. The molecule has 94 valence electrons. The maximum atomic E-state index is 6.12. The number of alkyl halides is 1. The Morgan fingerprint density at radius 2 is 2.18 bits per heavy atom. The normalized spacial score (nSPS) is 26.4. The smallest absolute Gasteiger partial charge is 0.141 e. The monoisotopic (exact) mass is 297 g/mol. The Hall–Kier alpha value is -0.570. The molecule has 1 saturated carbocycles. The lowest BCUT2D eigenvalue weighted by atomic mass is 9.69. The van der Waals surface area contributed by atoms with Crippen LogP contribution in [0.4, 0.5) is 0 Å². The summed E-state index contributed by atoms with van der Waals surface area (Å²) in [5.41, 5.74) is 2.33. The third-order valence-electron chi connectivity index (χ3n) is 3.73. The van der Waals surface area contributed by atoms with Gasteiger partial charge in [-0.3, -0.25) is 4.98 Å². The number of pyridine rings is 1. The van der Waals surface area contributed by atoms with Crippen molar-refractivity contribution in [1.82, 2.24) is 4.98 Å². The molecule has 2 rings (SSSR count). The Bertz CT molecular complexity index is 417. The van der Waals surface area contributed by atoms with Gasteiger partial charge in [0, 0.05) is 15.9 Å². The van der Waals surface area contributed by atoms with Gasteiger partial charge in [0.25, 0.3) is 0 Å². The molecule has 1 aromatic heterocycles. The maximum absolute atomic E-state index is 6.12. The van der Waals surface area contributed by atoms with Crippen molar-refractivity contribution in [3.05, 3.63) is 23.5 Å². The van der Waals surface area contributed by atoms with E-state index in [9.17, 15) is 0 Å². The van der Waals surface area contributed by atoms with E-state index < -0.39 is 0 Å². The van der Waals surface area contributed by atoms with E-state index in [1.54, 1.807) is 0 Å². The lowest BCUT2D eigenvalue weighted by molar-refractivity contribution is -0.00866. The van der Waals surface area contributed by atoms with Crippen LogP contribution in [0.15, 0.2) is 12.1 Å². The van der Waals surface area contributed by atoms with Crippen LogP contribution >= 0.6 is 15.9 Å². The summed E-state index contributed by atoms with van der Waals surface area (Å²) in [7, 11) is 0. The van der Waals surface area contributed by atoms with Gasteiger partial charge in [0.2, 0.25) is 0 Å². The number of aryl methyl sites for hydroxylation is 2. The average molecular weight is 298 g/mol. The number of rotatable bonds is 3. The van der Waals surface area contributed by atoms with Crippen molar-refractivity contribution in [2.75, 3.05) is 0 Å². The van der Waals surface area contributed by atoms with Crippen molar-refractivity contribution >= 4 is 15.9 Å². The van der Waals surface area contributed by atoms with Crippen molar-refractivity contribution in [2.24, 2.45) is 5.41 Å². The number of hydrogen-bond donors (Lipinski definition) is 0. The van der Waals surface area contributed by atoms with Crippen molar-refractivity contribution < 1.29 is 4.74 Å². The minimum absolute atomic E-state index is 0.204. The largest absolute Gasteiger partial charge is 0.488 e. The molecule has 2 unspecified atom stereocenters. The standard InChI is InChI=1S/C14H20BrNO/c1-5-10-11(7-6-9(2)16-10)17-13-8-12(15)14(13,3)4/h6-7,12-13H,5,8H2,1-4H3. The molecular formula is C14H20BrNO. The number of halogens is 1. The molecule has 0 saturated heterocycles. The van der Waals surface area contributed by atoms with Crippen LogP contribution in [0.1, 0.15) is 38.6 Å². The van der Waals surface area contributed by atoms with E-state index in [-0.39, 0.29) is 5.41 Å². The Kier molecular flexibility index (Phi) is 3.48. The van der Waals surface area contributed by atoms with Gasteiger partial charge < -0.3 is 4.74 Å². The summed E-state index contributed by atoms with van der Waals surface area (Å²) in [6.45, 7) is 8.63. The van der Waals surface area contributed by atoms with Crippen LogP contribution in [0.3, 0.4) is 0 Å². The predicted molar refractivity (Wildman–Crippen MR) is 73.9 cm³/mol. The molecule has 17 heavy (non-hydrogen) atoms. The van der Waals surface area contributed by atoms with Crippen molar-refractivity contribution in [1.29, 1.82) is 0 Å². The topological polar surface area (TPSA) is 22.1 Å². The molecule has 0 aliphatic heterocycles. The van der Waals surface area contributed by atoms with Gasteiger partial charge in [0.1, 0.15) is 11.9 Å². The lowest BCUT2D eigenvalue weighted by Gasteiger charge is -2.48. The van der Waals surface area contributed by atoms with E-state index in [1.165, 1.54) is 0 Å². The SMILES string of the molecule is CCc1nc(C)ccc1OC1CC(Br)C1(C)C. The highest BCUT2D eigenvalue weighted by molar-refractivity contribution is 9.09. The van der Waals surface area contributed by atoms with Gasteiger partial charge in [-0.1, -0.05) is 36.7 Å². The first-order valence-corrected chi connectivity index (χ1v) is 7.14. The Morgan fingerprint density at radius 3 is 2.71 bits per heavy atom. The van der Waals surface area contributed by atoms with Crippen molar-refractivity contribution in [3.8, 4) is 5.75 Å². The molecule has 2 nitrogen and oxygen atoms in total. The summed E-state index contributed by atoms with van der Waals surface area (Å²) >= 11 is 3.69. The molecule has 2 atom stereocenters. The van der Waals surface area contributed by atoms with Crippen LogP contribution in [0.25, 0.3) is 0 Å². The fraction of sp³-hybridized carbons (Fsp3) is 0.643. The molecule has 1 aromatic rings. The molecule has 0 aromatic carbocycles. The Labute approximate surface area is 112 Å². The summed E-state index contributed by atoms with van der Waals surface area (Å²) in [5.74, 6) is 0.954. The van der Waals surface area contributed by atoms with Crippen molar-refractivity contribution in [3.63, 3.8) is 0 Å². The first kappa shape index (κ1) is 12.9. The average Bonchev–Trinajstić information content (AvgIpc) is 2.30. The van der Waals surface area contributed by atoms with E-state index >= 15 is 0 Å². The summed E-state index contributed by atoms with van der Waals surface area (Å²) in [5, 5.41) is 0. The molecule has 0 radical (unpaired) electrons. The zero-order chi connectivity index (χ0) is 12.6. The number of hydrogen-bond acceptors (Lipinski definition) is 2. The molecule has 1 aliphatic carbocycles. The Balaban J connectivity index is 2.15. The van der Waals surface area contributed by atoms with Gasteiger partial charge in [-0.05, 0) is 31.9 Å². The summed E-state index contributed by atoms with van der Waals surface area (Å²) in [4.78, 5) is 5.09. The zero-order valence-corrected chi connectivity index (χ0v) is 12.5. The second-order valence-electron chi connectivity index (χ2n) is 5.38. The summed E-state index contributed by atoms with van der Waals surface area (Å²) in [6.07, 6.45) is 2.29. The van der Waals surface area contributed by atoms with E-state index in [0.29, 0.717) is 10.9 Å². The highest BCUT2D eigenvalue weighted by atomic mass is 79.9. The number of ether oxygens (including phenoxy) is 1. The van der Waals surface area contributed by atoms with Crippen LogP contribution in [-0.4, -0.2) is 15.9 Å². The fourth-order valence-corrected chi connectivity index (χ4v) is 2.78. The van der Waals surface area contributed by atoms with Crippen LogP contribution in [0.2, 0.25) is 0 Å². The minimum atomic E-state index is 0.204. The quantitative estimate of drug-likeness (QED) is 0.790. The number of nitrogens with zero attached hydrogens (tertiary/aromatic N) is 1. The van der Waals surface area contributed by atoms with Gasteiger partial charge >= 0.3 is 0 Å². The van der Waals surface area contributed by atoms with E-state index in [2.05, 4.69) is 47.8 Å². The first-order valence-electron chi connectivity index (χ1n) is 6.22. The molecule has 1 aliphatic rings. The molecule has 1 heterocycles. The predicted octanol–water partition coefficient (Wildman–Crippen LogP) is 3.89. The molecular weight excluding hydrogens is 278 g/mol. The van der Waals surface area contributed by atoms with Gasteiger partial charge in [-0.2, -0.15) is 0 Å². The summed E-state index contributed by atoms with van der Waals surface area (Å²) in [6, 6.07) is 4.07. The molecule has 0 N–H and O–H groups in total. The molecule has 1 fully saturated rings. The van der Waals surface area contributed by atoms with Crippen molar-refractivity contribution in [2.45, 2.75) is 51.5 Å². The van der Waals surface area contributed by atoms with Crippen LogP contribution < -0.4 is 4.74 Å².